The molecule has 2 aromatic carbocycles. The average molecular weight is 422 g/mol. The van der Waals surface area contributed by atoms with E-state index in [0.29, 0.717) is 38.5 Å². The van der Waals surface area contributed by atoms with Gasteiger partial charge in [0.1, 0.15) is 5.75 Å². The first-order chi connectivity index (χ1) is 15.1. The van der Waals surface area contributed by atoms with Gasteiger partial charge in [0.15, 0.2) is 0 Å². The van der Waals surface area contributed by atoms with E-state index < -0.39 is 0 Å². The molecule has 2 fully saturated rings. The first kappa shape index (κ1) is 21.4. The van der Waals surface area contributed by atoms with E-state index in [4.69, 9.17) is 4.74 Å². The smallest absolute Gasteiger partial charge is 0.236 e. The molecule has 2 aliphatic rings. The molecule has 1 saturated carbocycles. The molecule has 0 aromatic heterocycles. The number of methoxy groups -OCH3 is 1. The zero-order valence-corrected chi connectivity index (χ0v) is 18.1. The van der Waals surface area contributed by atoms with Crippen molar-refractivity contribution < 1.29 is 14.3 Å². The van der Waals surface area contributed by atoms with Gasteiger partial charge in [0.25, 0.3) is 0 Å². The van der Waals surface area contributed by atoms with Crippen LogP contribution in [-0.4, -0.2) is 54.4 Å². The minimum Gasteiger partial charge on any atom is -0.497 e. The van der Waals surface area contributed by atoms with Gasteiger partial charge < -0.3 is 15.0 Å². The van der Waals surface area contributed by atoms with Crippen LogP contribution >= 0.6 is 0 Å². The molecular weight excluding hydrogens is 390 g/mol. The molecule has 0 radical (unpaired) electrons. The fourth-order valence-corrected chi connectivity index (χ4v) is 4.15. The molecule has 1 aliphatic heterocycles. The van der Waals surface area contributed by atoms with Gasteiger partial charge in [-0.25, -0.2) is 0 Å². The van der Waals surface area contributed by atoms with Crippen molar-refractivity contribution >= 4 is 17.5 Å². The first-order valence-corrected chi connectivity index (χ1v) is 11.1. The Balaban J connectivity index is 1.26. The number of likely N-dealkylation sites (tertiary alicyclic amines) is 1. The summed E-state index contributed by atoms with van der Waals surface area (Å²) in [6.07, 6.45) is 3.75. The third kappa shape index (κ3) is 5.85. The van der Waals surface area contributed by atoms with E-state index in [2.05, 4.69) is 22.3 Å². The van der Waals surface area contributed by atoms with Crippen LogP contribution in [-0.2, 0) is 16.1 Å². The van der Waals surface area contributed by atoms with E-state index in [1.54, 1.807) is 7.11 Å². The van der Waals surface area contributed by atoms with Crippen LogP contribution in [0.25, 0.3) is 0 Å². The zero-order valence-electron chi connectivity index (χ0n) is 18.1. The third-order valence-corrected chi connectivity index (χ3v) is 6.21. The van der Waals surface area contributed by atoms with Gasteiger partial charge in [-0.1, -0.05) is 30.3 Å². The lowest BCUT2D eigenvalue weighted by molar-refractivity contribution is -0.135. The number of benzene rings is 2. The van der Waals surface area contributed by atoms with Crippen LogP contribution in [0.4, 0.5) is 5.69 Å². The SMILES string of the molecule is COc1ccc(CN(CC(=O)N2CCC(C(=O)Nc3ccccc3)CC2)C2CC2)cc1. The number of hydrogen-bond donors (Lipinski definition) is 1. The van der Waals surface area contributed by atoms with Crippen molar-refractivity contribution in [3.05, 3.63) is 60.2 Å². The molecule has 2 amide bonds. The number of para-hydroxylation sites is 1. The second kappa shape index (κ2) is 9.96. The Morgan fingerprint density at radius 2 is 1.68 bits per heavy atom. The third-order valence-electron chi connectivity index (χ3n) is 6.21. The molecule has 0 spiro atoms. The van der Waals surface area contributed by atoms with E-state index in [-0.39, 0.29) is 17.7 Å². The van der Waals surface area contributed by atoms with Crippen molar-refractivity contribution in [1.29, 1.82) is 0 Å². The Hall–Kier alpha value is -2.86. The predicted molar refractivity (Wildman–Crippen MR) is 121 cm³/mol. The predicted octanol–water partition coefficient (Wildman–Crippen LogP) is 3.54. The lowest BCUT2D eigenvalue weighted by atomic mass is 9.95. The van der Waals surface area contributed by atoms with Crippen molar-refractivity contribution in [2.24, 2.45) is 5.92 Å². The Bertz CT molecular complexity index is 873. The summed E-state index contributed by atoms with van der Waals surface area (Å²) in [6, 6.07) is 18.1. The van der Waals surface area contributed by atoms with Crippen molar-refractivity contribution in [1.82, 2.24) is 9.80 Å². The number of hydrogen-bond acceptors (Lipinski definition) is 4. The molecule has 2 aromatic rings. The van der Waals surface area contributed by atoms with E-state index in [9.17, 15) is 9.59 Å². The highest BCUT2D eigenvalue weighted by Crippen LogP contribution is 2.29. The maximum absolute atomic E-state index is 13.0. The van der Waals surface area contributed by atoms with Crippen LogP contribution in [0.15, 0.2) is 54.6 Å². The van der Waals surface area contributed by atoms with E-state index in [0.717, 1.165) is 30.8 Å². The molecule has 1 aliphatic carbocycles. The number of amides is 2. The Morgan fingerprint density at radius 1 is 1.00 bits per heavy atom. The highest BCUT2D eigenvalue weighted by atomic mass is 16.5. The maximum Gasteiger partial charge on any atom is 0.236 e. The number of anilines is 1. The molecular formula is C25H31N3O3. The van der Waals surface area contributed by atoms with Gasteiger partial charge in [0, 0.05) is 37.3 Å². The molecule has 6 heteroatoms. The lowest BCUT2D eigenvalue weighted by Gasteiger charge is -2.33. The second-order valence-electron chi connectivity index (χ2n) is 8.49. The van der Waals surface area contributed by atoms with Crippen molar-refractivity contribution in [2.45, 2.75) is 38.3 Å². The fourth-order valence-electron chi connectivity index (χ4n) is 4.15. The maximum atomic E-state index is 13.0. The molecule has 164 valence electrons. The molecule has 1 heterocycles. The molecule has 31 heavy (non-hydrogen) atoms. The number of nitrogens with zero attached hydrogens (tertiary/aromatic N) is 2. The normalized spacial score (nSPS) is 16.9. The summed E-state index contributed by atoms with van der Waals surface area (Å²) in [5.74, 6) is 1.03. The zero-order chi connectivity index (χ0) is 21.6. The molecule has 4 rings (SSSR count). The Morgan fingerprint density at radius 3 is 2.29 bits per heavy atom. The number of carbonyl (C=O) groups excluding carboxylic acids is 2. The number of ether oxygens (including phenoxy) is 1. The van der Waals surface area contributed by atoms with Crippen molar-refractivity contribution in [3.8, 4) is 5.75 Å². The van der Waals surface area contributed by atoms with E-state index >= 15 is 0 Å². The minimum atomic E-state index is -0.0388. The second-order valence-corrected chi connectivity index (χ2v) is 8.49. The summed E-state index contributed by atoms with van der Waals surface area (Å²) >= 11 is 0. The number of carbonyl (C=O) groups is 2. The largest absolute Gasteiger partial charge is 0.497 e. The van der Waals surface area contributed by atoms with Crippen LogP contribution < -0.4 is 10.1 Å². The summed E-state index contributed by atoms with van der Waals surface area (Å²) in [4.78, 5) is 29.7. The molecule has 0 unspecified atom stereocenters. The number of piperidine rings is 1. The standard InChI is InChI=1S/C25H31N3O3/c1-31-23-11-7-19(8-12-23)17-28(22-9-10-22)18-24(29)27-15-13-20(14-16-27)25(30)26-21-5-3-2-4-6-21/h2-8,11-12,20,22H,9-10,13-18H2,1H3,(H,26,30). The van der Waals surface area contributed by atoms with Gasteiger partial charge in [-0.2, -0.15) is 0 Å². The van der Waals surface area contributed by atoms with Crippen LogP contribution in [0, 0.1) is 5.92 Å². The molecule has 1 N–H and O–H groups in total. The van der Waals surface area contributed by atoms with Gasteiger partial charge in [0.05, 0.1) is 13.7 Å². The molecule has 6 nitrogen and oxygen atoms in total. The molecule has 1 saturated heterocycles. The van der Waals surface area contributed by atoms with Gasteiger partial charge >= 0.3 is 0 Å². The number of nitrogens with one attached hydrogen (secondary N) is 1. The topological polar surface area (TPSA) is 61.9 Å². The van der Waals surface area contributed by atoms with Crippen LogP contribution in [0.5, 0.6) is 5.75 Å². The lowest BCUT2D eigenvalue weighted by Crippen LogP contribution is -2.46. The highest BCUT2D eigenvalue weighted by Gasteiger charge is 2.33. The van der Waals surface area contributed by atoms with Crippen molar-refractivity contribution in [3.63, 3.8) is 0 Å². The summed E-state index contributed by atoms with van der Waals surface area (Å²) in [6.45, 7) is 2.51. The van der Waals surface area contributed by atoms with Crippen molar-refractivity contribution in [2.75, 3.05) is 32.1 Å². The van der Waals surface area contributed by atoms with Crippen LogP contribution in [0.3, 0.4) is 0 Å². The quantitative estimate of drug-likeness (QED) is 0.708. The van der Waals surface area contributed by atoms with Gasteiger partial charge in [-0.15, -0.1) is 0 Å². The van der Waals surface area contributed by atoms with Crippen LogP contribution in [0.1, 0.15) is 31.2 Å². The summed E-state index contributed by atoms with van der Waals surface area (Å²) in [7, 11) is 1.67. The minimum absolute atomic E-state index is 0.0388. The van der Waals surface area contributed by atoms with E-state index in [1.807, 2.05) is 47.4 Å². The van der Waals surface area contributed by atoms with Gasteiger partial charge in [0.2, 0.25) is 11.8 Å². The van der Waals surface area contributed by atoms with E-state index in [1.165, 1.54) is 5.56 Å². The highest BCUT2D eigenvalue weighted by molar-refractivity contribution is 5.92. The average Bonchev–Trinajstić information content (AvgIpc) is 3.65. The Kier molecular flexibility index (Phi) is 6.87. The van der Waals surface area contributed by atoms with Gasteiger partial charge in [-0.3, -0.25) is 14.5 Å². The monoisotopic (exact) mass is 421 g/mol. The summed E-state index contributed by atoms with van der Waals surface area (Å²) in [5.41, 5.74) is 2.02. The fraction of sp³-hybridized carbons (Fsp3) is 0.440. The molecule has 0 bridgehead atoms. The first-order valence-electron chi connectivity index (χ1n) is 11.1. The number of rotatable bonds is 8. The van der Waals surface area contributed by atoms with Gasteiger partial charge in [-0.05, 0) is 55.5 Å². The summed E-state index contributed by atoms with van der Waals surface area (Å²) in [5, 5.41) is 2.99. The molecule has 0 atom stereocenters. The summed E-state index contributed by atoms with van der Waals surface area (Å²) < 4.78 is 5.23. The van der Waals surface area contributed by atoms with Crippen LogP contribution in [0.2, 0.25) is 0 Å². The Labute approximate surface area is 184 Å².